The van der Waals surface area contributed by atoms with Crippen molar-refractivity contribution >= 4 is 23.1 Å². The summed E-state index contributed by atoms with van der Waals surface area (Å²) in [4.78, 5) is 27.1. The van der Waals surface area contributed by atoms with Crippen LogP contribution < -0.4 is 15.1 Å². The Hall–Kier alpha value is -3.41. The number of nitrogens with one attached hydrogen (secondary N) is 1. The molecule has 0 bridgehead atoms. The lowest BCUT2D eigenvalue weighted by atomic mass is 9.99. The second kappa shape index (κ2) is 9.22. The van der Waals surface area contributed by atoms with Crippen molar-refractivity contribution in [2.24, 2.45) is 5.92 Å². The molecule has 0 radical (unpaired) electrons. The molecule has 2 aliphatic rings. The Morgan fingerprint density at radius 3 is 2.73 bits per heavy atom. The number of piperidine rings is 1. The third-order valence-electron chi connectivity index (χ3n) is 6.75. The van der Waals surface area contributed by atoms with Crippen LogP contribution in [0.15, 0.2) is 54.7 Å². The molecule has 1 amide bonds. The first-order valence-corrected chi connectivity index (χ1v) is 11.9. The normalized spacial score (nSPS) is 16.1. The van der Waals surface area contributed by atoms with Crippen LogP contribution in [0.3, 0.4) is 0 Å². The molecule has 2 aliphatic heterocycles. The molecule has 1 saturated heterocycles. The molecule has 0 unspecified atom stereocenters. The van der Waals surface area contributed by atoms with Gasteiger partial charge in [0.15, 0.2) is 0 Å². The Balaban J connectivity index is 1.32. The number of rotatable bonds is 5. The zero-order chi connectivity index (χ0) is 22.8. The molecular weight excluding hydrogens is 410 g/mol. The van der Waals surface area contributed by atoms with Gasteiger partial charge in [-0.2, -0.15) is 0 Å². The molecule has 3 aromatic rings. The van der Waals surface area contributed by atoms with E-state index < -0.39 is 0 Å². The number of nitrogens with zero attached hydrogens (tertiary/aromatic N) is 4. The highest BCUT2D eigenvalue weighted by Gasteiger charge is 2.24. The summed E-state index contributed by atoms with van der Waals surface area (Å²) in [7, 11) is 0. The Kier molecular flexibility index (Phi) is 5.99. The van der Waals surface area contributed by atoms with E-state index in [1.54, 1.807) is 0 Å². The number of carbonyl (C=O) groups is 1. The van der Waals surface area contributed by atoms with Crippen LogP contribution in [0, 0.1) is 12.8 Å². The van der Waals surface area contributed by atoms with Crippen LogP contribution in [-0.4, -0.2) is 35.5 Å². The fraction of sp³-hybridized carbons (Fsp3) is 0.370. The first kappa shape index (κ1) is 21.4. The molecule has 0 aliphatic carbocycles. The Morgan fingerprint density at radius 2 is 1.94 bits per heavy atom. The molecule has 6 heteroatoms. The van der Waals surface area contributed by atoms with Crippen LogP contribution in [0.2, 0.25) is 0 Å². The van der Waals surface area contributed by atoms with E-state index in [0.29, 0.717) is 5.56 Å². The zero-order valence-electron chi connectivity index (χ0n) is 19.4. The largest absolute Gasteiger partial charge is 0.365 e. The molecule has 170 valence electrons. The topological polar surface area (TPSA) is 61.4 Å². The standard InChI is InChI=1S/C27H31N5O/c1-19-10-14-31(15-11-19)26-24(8-6-20(2)29-26)27(33)30-22-7-9-25-21(17-22)12-16-32(25)18-23-5-3-4-13-28-23/h3-9,13,17,19H,10-12,14-16,18H2,1-2H3,(H,30,33). The SMILES string of the molecule is Cc1ccc(C(=O)Nc2ccc3c(c2)CCN3Cc2ccccn2)c(N2CCC(C)CC2)n1. The fourth-order valence-corrected chi connectivity index (χ4v) is 4.78. The predicted molar refractivity (Wildman–Crippen MR) is 133 cm³/mol. The number of aryl methyl sites for hydroxylation is 1. The van der Waals surface area contributed by atoms with Gasteiger partial charge in [0.25, 0.3) is 5.91 Å². The van der Waals surface area contributed by atoms with Crippen LogP contribution in [0.25, 0.3) is 0 Å². The lowest BCUT2D eigenvalue weighted by Crippen LogP contribution is -2.35. The minimum Gasteiger partial charge on any atom is -0.365 e. The average Bonchev–Trinajstić information content (AvgIpc) is 3.22. The van der Waals surface area contributed by atoms with Crippen molar-refractivity contribution in [3.05, 3.63) is 77.2 Å². The fourth-order valence-electron chi connectivity index (χ4n) is 4.78. The quantitative estimate of drug-likeness (QED) is 0.614. The minimum atomic E-state index is -0.0978. The molecular formula is C27H31N5O. The lowest BCUT2D eigenvalue weighted by molar-refractivity contribution is 0.102. The van der Waals surface area contributed by atoms with Crippen LogP contribution in [-0.2, 0) is 13.0 Å². The Morgan fingerprint density at radius 1 is 1.09 bits per heavy atom. The van der Waals surface area contributed by atoms with Gasteiger partial charge in [-0.15, -0.1) is 0 Å². The van der Waals surface area contributed by atoms with Crippen LogP contribution >= 0.6 is 0 Å². The summed E-state index contributed by atoms with van der Waals surface area (Å²) < 4.78 is 0. The summed E-state index contributed by atoms with van der Waals surface area (Å²) in [5.74, 6) is 1.44. The summed E-state index contributed by atoms with van der Waals surface area (Å²) in [6, 6.07) is 16.1. The monoisotopic (exact) mass is 441 g/mol. The van der Waals surface area contributed by atoms with Gasteiger partial charge in [-0.1, -0.05) is 13.0 Å². The van der Waals surface area contributed by atoms with Gasteiger partial charge in [-0.3, -0.25) is 9.78 Å². The molecule has 33 heavy (non-hydrogen) atoms. The highest BCUT2D eigenvalue weighted by Crippen LogP contribution is 2.32. The molecule has 2 aromatic heterocycles. The predicted octanol–water partition coefficient (Wildman–Crippen LogP) is 4.84. The van der Waals surface area contributed by atoms with Crippen molar-refractivity contribution in [3.8, 4) is 0 Å². The summed E-state index contributed by atoms with van der Waals surface area (Å²) in [5.41, 5.74) is 5.96. The number of fused-ring (bicyclic) bond motifs is 1. The second-order valence-corrected chi connectivity index (χ2v) is 9.28. The second-order valence-electron chi connectivity index (χ2n) is 9.28. The molecule has 4 heterocycles. The molecule has 0 saturated carbocycles. The minimum absolute atomic E-state index is 0.0978. The molecule has 5 rings (SSSR count). The van der Waals surface area contributed by atoms with Gasteiger partial charge in [0, 0.05) is 42.9 Å². The van der Waals surface area contributed by atoms with Crippen LogP contribution in [0.5, 0.6) is 0 Å². The Bertz CT molecular complexity index is 1140. The average molecular weight is 442 g/mol. The van der Waals surface area contributed by atoms with E-state index in [0.717, 1.165) is 74.3 Å². The van der Waals surface area contributed by atoms with Crippen molar-refractivity contribution in [3.63, 3.8) is 0 Å². The summed E-state index contributed by atoms with van der Waals surface area (Å²) in [5, 5.41) is 3.12. The third kappa shape index (κ3) is 4.70. The van der Waals surface area contributed by atoms with E-state index in [2.05, 4.69) is 45.2 Å². The number of aromatic nitrogens is 2. The van der Waals surface area contributed by atoms with Gasteiger partial charge >= 0.3 is 0 Å². The van der Waals surface area contributed by atoms with Crippen LogP contribution in [0.4, 0.5) is 17.2 Å². The van der Waals surface area contributed by atoms with E-state index in [4.69, 9.17) is 4.98 Å². The van der Waals surface area contributed by atoms with E-state index >= 15 is 0 Å². The molecule has 0 atom stereocenters. The van der Waals surface area contributed by atoms with Gasteiger partial charge in [0.2, 0.25) is 0 Å². The van der Waals surface area contributed by atoms with Gasteiger partial charge in [0.05, 0.1) is 17.8 Å². The number of carbonyl (C=O) groups excluding carboxylic acids is 1. The van der Waals surface area contributed by atoms with Gasteiger partial charge in [-0.25, -0.2) is 4.98 Å². The summed E-state index contributed by atoms with van der Waals surface area (Å²) >= 11 is 0. The number of amides is 1. The Labute approximate surface area is 195 Å². The van der Waals surface area contributed by atoms with Crippen LogP contribution in [0.1, 0.15) is 47.1 Å². The van der Waals surface area contributed by atoms with E-state index in [-0.39, 0.29) is 5.91 Å². The van der Waals surface area contributed by atoms with Crippen molar-refractivity contribution in [1.29, 1.82) is 0 Å². The maximum absolute atomic E-state index is 13.3. The van der Waals surface area contributed by atoms with E-state index in [1.807, 2.05) is 43.5 Å². The van der Waals surface area contributed by atoms with Gasteiger partial charge < -0.3 is 15.1 Å². The molecule has 1 N–H and O–H groups in total. The first-order chi connectivity index (χ1) is 16.1. The van der Waals surface area contributed by atoms with Gasteiger partial charge in [0.1, 0.15) is 5.82 Å². The summed E-state index contributed by atoms with van der Waals surface area (Å²) in [6.45, 7) is 7.93. The third-order valence-corrected chi connectivity index (χ3v) is 6.75. The molecule has 1 aromatic carbocycles. The maximum atomic E-state index is 13.3. The summed E-state index contributed by atoms with van der Waals surface area (Å²) in [6.07, 6.45) is 5.08. The van der Waals surface area contributed by atoms with Crippen molar-refractivity contribution < 1.29 is 4.79 Å². The number of hydrogen-bond acceptors (Lipinski definition) is 5. The highest BCUT2D eigenvalue weighted by molar-refractivity contribution is 6.07. The van der Waals surface area contributed by atoms with E-state index in [9.17, 15) is 4.79 Å². The first-order valence-electron chi connectivity index (χ1n) is 11.9. The molecule has 0 spiro atoms. The maximum Gasteiger partial charge on any atom is 0.259 e. The van der Waals surface area contributed by atoms with Crippen molar-refractivity contribution in [2.75, 3.05) is 34.8 Å². The molecule has 6 nitrogen and oxygen atoms in total. The van der Waals surface area contributed by atoms with Crippen molar-refractivity contribution in [1.82, 2.24) is 9.97 Å². The van der Waals surface area contributed by atoms with E-state index in [1.165, 1.54) is 11.3 Å². The number of benzene rings is 1. The number of anilines is 3. The van der Waals surface area contributed by atoms with Gasteiger partial charge in [-0.05, 0) is 80.1 Å². The molecule has 1 fully saturated rings. The number of pyridine rings is 2. The lowest BCUT2D eigenvalue weighted by Gasteiger charge is -2.32. The zero-order valence-corrected chi connectivity index (χ0v) is 19.4. The highest BCUT2D eigenvalue weighted by atomic mass is 16.1. The smallest absolute Gasteiger partial charge is 0.259 e. The number of hydrogen-bond donors (Lipinski definition) is 1. The van der Waals surface area contributed by atoms with Crippen molar-refractivity contribution in [2.45, 2.75) is 39.7 Å².